The average molecular weight is 359 g/mol. The Kier molecular flexibility index (Phi) is 5.27. The largest absolute Gasteiger partial charge is 0.391 e. The van der Waals surface area contributed by atoms with Crippen LogP contribution in [0.15, 0.2) is 30.3 Å². The van der Waals surface area contributed by atoms with Crippen molar-refractivity contribution in [2.24, 2.45) is 5.41 Å². The van der Waals surface area contributed by atoms with Gasteiger partial charge in [-0.2, -0.15) is 0 Å². The first-order valence-electron chi connectivity index (χ1n) is 8.96. The molecular formula is C19H25N3O4. The highest BCUT2D eigenvalue weighted by Crippen LogP contribution is 2.40. The molecule has 7 heteroatoms. The van der Waals surface area contributed by atoms with Gasteiger partial charge in [0, 0.05) is 32.2 Å². The zero-order chi connectivity index (χ0) is 18.7. The van der Waals surface area contributed by atoms with Gasteiger partial charge >= 0.3 is 0 Å². The Morgan fingerprint density at radius 2 is 1.88 bits per heavy atom. The van der Waals surface area contributed by atoms with E-state index in [-0.39, 0.29) is 24.3 Å². The van der Waals surface area contributed by atoms with Gasteiger partial charge in [-0.25, -0.2) is 0 Å². The van der Waals surface area contributed by atoms with Crippen molar-refractivity contribution < 1.29 is 19.5 Å². The van der Waals surface area contributed by atoms with E-state index in [1.54, 1.807) is 41.1 Å². The van der Waals surface area contributed by atoms with E-state index >= 15 is 0 Å². The van der Waals surface area contributed by atoms with Gasteiger partial charge in [0.1, 0.15) is 0 Å². The van der Waals surface area contributed by atoms with Crippen molar-refractivity contribution in [3.63, 3.8) is 0 Å². The molecule has 1 unspecified atom stereocenters. The number of hydrogen-bond donors (Lipinski definition) is 2. The molecule has 2 fully saturated rings. The molecule has 0 radical (unpaired) electrons. The lowest BCUT2D eigenvalue weighted by atomic mass is 9.71. The first-order chi connectivity index (χ1) is 12.4. The van der Waals surface area contributed by atoms with E-state index < -0.39 is 11.5 Å². The SMILES string of the molecule is CN1CC(O)CC2(CCN(C(=O)CNC(=O)c3ccccc3)CC2)C1=O. The van der Waals surface area contributed by atoms with Crippen LogP contribution < -0.4 is 5.32 Å². The molecule has 26 heavy (non-hydrogen) atoms. The minimum Gasteiger partial charge on any atom is -0.391 e. The minimum atomic E-state index is -0.559. The summed E-state index contributed by atoms with van der Waals surface area (Å²) in [7, 11) is 1.71. The van der Waals surface area contributed by atoms with Crippen LogP contribution in [0, 0.1) is 5.41 Å². The van der Waals surface area contributed by atoms with E-state index in [4.69, 9.17) is 0 Å². The standard InChI is InChI=1S/C19H25N3O4/c1-21-13-15(23)11-19(18(21)26)7-9-22(10-8-19)16(24)12-20-17(25)14-5-3-2-4-6-14/h2-6,15,23H,7-13H2,1H3,(H,20,25). The summed E-state index contributed by atoms with van der Waals surface area (Å²) >= 11 is 0. The summed E-state index contributed by atoms with van der Waals surface area (Å²) in [4.78, 5) is 40.2. The van der Waals surface area contributed by atoms with Crippen LogP contribution in [0.4, 0.5) is 0 Å². The second kappa shape index (κ2) is 7.45. The molecule has 1 aromatic carbocycles. The Balaban J connectivity index is 1.52. The number of likely N-dealkylation sites (N-methyl/N-ethyl adjacent to an activating group) is 1. The molecule has 2 aliphatic heterocycles. The van der Waals surface area contributed by atoms with Gasteiger partial charge in [-0.05, 0) is 31.4 Å². The van der Waals surface area contributed by atoms with Crippen molar-refractivity contribution in [3.8, 4) is 0 Å². The predicted octanol–water partition coefficient (Wildman–Crippen LogP) is 0.248. The summed E-state index contributed by atoms with van der Waals surface area (Å²) in [5.74, 6) is -0.367. The van der Waals surface area contributed by atoms with E-state index in [0.29, 0.717) is 44.5 Å². The van der Waals surface area contributed by atoms with Gasteiger partial charge in [-0.1, -0.05) is 18.2 Å². The van der Waals surface area contributed by atoms with Crippen LogP contribution in [0.2, 0.25) is 0 Å². The number of aliphatic hydroxyl groups is 1. The van der Waals surface area contributed by atoms with Crippen molar-refractivity contribution in [1.82, 2.24) is 15.1 Å². The zero-order valence-corrected chi connectivity index (χ0v) is 15.0. The Morgan fingerprint density at radius 3 is 2.54 bits per heavy atom. The monoisotopic (exact) mass is 359 g/mol. The molecule has 7 nitrogen and oxygen atoms in total. The van der Waals surface area contributed by atoms with Gasteiger partial charge in [0.25, 0.3) is 5.91 Å². The van der Waals surface area contributed by atoms with E-state index in [1.807, 2.05) is 6.07 Å². The summed E-state index contributed by atoms with van der Waals surface area (Å²) in [6.45, 7) is 1.24. The van der Waals surface area contributed by atoms with Crippen LogP contribution >= 0.6 is 0 Å². The van der Waals surface area contributed by atoms with Crippen molar-refractivity contribution in [1.29, 1.82) is 0 Å². The van der Waals surface area contributed by atoms with Crippen LogP contribution in [-0.2, 0) is 9.59 Å². The molecule has 2 saturated heterocycles. The molecule has 3 rings (SSSR count). The number of hydrogen-bond acceptors (Lipinski definition) is 4. The summed E-state index contributed by atoms with van der Waals surface area (Å²) in [6.07, 6.45) is 1.05. The van der Waals surface area contributed by atoms with Crippen molar-refractivity contribution in [2.75, 3.05) is 33.2 Å². The molecule has 1 atom stereocenters. The number of β-amino-alcohol motifs (C(OH)–C–C–N with tert-alkyl or cyclic N) is 1. The van der Waals surface area contributed by atoms with E-state index in [9.17, 15) is 19.5 Å². The number of carbonyl (C=O) groups excluding carboxylic acids is 3. The van der Waals surface area contributed by atoms with Gasteiger partial charge in [-0.15, -0.1) is 0 Å². The average Bonchev–Trinajstić information content (AvgIpc) is 2.65. The van der Waals surface area contributed by atoms with Crippen LogP contribution in [0.25, 0.3) is 0 Å². The molecule has 3 amide bonds. The molecule has 2 heterocycles. The molecule has 0 aliphatic carbocycles. The van der Waals surface area contributed by atoms with Crippen molar-refractivity contribution in [3.05, 3.63) is 35.9 Å². The van der Waals surface area contributed by atoms with Gasteiger partial charge in [-0.3, -0.25) is 14.4 Å². The summed E-state index contributed by atoms with van der Waals surface area (Å²) in [5.41, 5.74) is -0.0426. The number of benzene rings is 1. The second-order valence-electron chi connectivity index (χ2n) is 7.25. The first kappa shape index (κ1) is 18.4. The number of carbonyl (C=O) groups is 3. The third kappa shape index (κ3) is 3.72. The summed E-state index contributed by atoms with van der Waals surface area (Å²) < 4.78 is 0. The van der Waals surface area contributed by atoms with Crippen molar-refractivity contribution >= 4 is 17.7 Å². The lowest BCUT2D eigenvalue weighted by Gasteiger charge is -2.46. The number of rotatable bonds is 3. The number of nitrogens with one attached hydrogen (secondary N) is 1. The number of piperidine rings is 2. The summed E-state index contributed by atoms with van der Waals surface area (Å²) in [6, 6.07) is 8.76. The maximum absolute atomic E-state index is 12.6. The molecule has 2 aliphatic rings. The molecule has 1 aromatic rings. The van der Waals surface area contributed by atoms with Crippen LogP contribution in [-0.4, -0.2) is 72.0 Å². The number of amides is 3. The quantitative estimate of drug-likeness (QED) is 0.809. The Labute approximate surface area is 153 Å². The maximum Gasteiger partial charge on any atom is 0.251 e. The van der Waals surface area contributed by atoms with Crippen LogP contribution in [0.1, 0.15) is 29.6 Å². The molecule has 0 saturated carbocycles. The molecule has 2 N–H and O–H groups in total. The van der Waals surface area contributed by atoms with Crippen LogP contribution in [0.5, 0.6) is 0 Å². The highest BCUT2D eigenvalue weighted by molar-refractivity contribution is 5.96. The molecular weight excluding hydrogens is 334 g/mol. The van der Waals surface area contributed by atoms with E-state index in [0.717, 1.165) is 0 Å². The Morgan fingerprint density at radius 1 is 1.23 bits per heavy atom. The van der Waals surface area contributed by atoms with Gasteiger partial charge in [0.2, 0.25) is 11.8 Å². The van der Waals surface area contributed by atoms with Crippen molar-refractivity contribution in [2.45, 2.75) is 25.4 Å². The predicted molar refractivity (Wildman–Crippen MR) is 95.3 cm³/mol. The Hall–Kier alpha value is -2.41. The van der Waals surface area contributed by atoms with E-state index in [1.165, 1.54) is 0 Å². The van der Waals surface area contributed by atoms with Gasteiger partial charge in [0.15, 0.2) is 0 Å². The van der Waals surface area contributed by atoms with Gasteiger partial charge in [0.05, 0.1) is 18.1 Å². The first-order valence-corrected chi connectivity index (χ1v) is 8.96. The number of likely N-dealkylation sites (tertiary alicyclic amines) is 2. The fourth-order valence-corrected chi connectivity index (χ4v) is 3.97. The maximum atomic E-state index is 12.6. The molecule has 1 spiro atoms. The Bertz CT molecular complexity index is 683. The highest BCUT2D eigenvalue weighted by atomic mass is 16.3. The number of nitrogens with zero attached hydrogens (tertiary/aromatic N) is 2. The lowest BCUT2D eigenvalue weighted by molar-refractivity contribution is -0.156. The third-order valence-corrected chi connectivity index (χ3v) is 5.42. The third-order valence-electron chi connectivity index (χ3n) is 5.42. The normalized spacial score (nSPS) is 22.4. The number of aliphatic hydroxyl groups excluding tert-OH is 1. The molecule has 0 aromatic heterocycles. The lowest BCUT2D eigenvalue weighted by Crippen LogP contribution is -2.57. The molecule has 0 bridgehead atoms. The topological polar surface area (TPSA) is 89.9 Å². The second-order valence-corrected chi connectivity index (χ2v) is 7.25. The van der Waals surface area contributed by atoms with Crippen LogP contribution in [0.3, 0.4) is 0 Å². The van der Waals surface area contributed by atoms with Gasteiger partial charge < -0.3 is 20.2 Å². The molecule has 140 valence electrons. The smallest absolute Gasteiger partial charge is 0.251 e. The zero-order valence-electron chi connectivity index (χ0n) is 15.0. The fourth-order valence-electron chi connectivity index (χ4n) is 3.97. The fraction of sp³-hybridized carbons (Fsp3) is 0.526. The highest BCUT2D eigenvalue weighted by Gasteiger charge is 2.47. The minimum absolute atomic E-state index is 0.0583. The summed E-state index contributed by atoms with van der Waals surface area (Å²) in [5, 5.41) is 12.7. The van der Waals surface area contributed by atoms with E-state index in [2.05, 4.69) is 5.32 Å².